The summed E-state index contributed by atoms with van der Waals surface area (Å²) in [4.78, 5) is 28.7. The molecule has 0 aliphatic rings. The van der Waals surface area contributed by atoms with Crippen LogP contribution in [0.15, 0.2) is 0 Å². The van der Waals surface area contributed by atoms with Gasteiger partial charge in [-0.15, -0.1) is 11.3 Å². The molecule has 2 amide bonds. The van der Waals surface area contributed by atoms with E-state index in [9.17, 15) is 9.59 Å². The summed E-state index contributed by atoms with van der Waals surface area (Å²) in [5.74, 6) is -0.177. The number of nitrogen functional groups attached to an aromatic ring is 1. The molecule has 0 saturated carbocycles. The van der Waals surface area contributed by atoms with Gasteiger partial charge < -0.3 is 15.5 Å². The SMILES string of the molecule is CCCN(CCC)C(=O)c1c(N)sc(C(=O)N(C)C)c1C. The minimum absolute atomic E-state index is 0.0669. The Bertz CT molecular complexity index is 517. The van der Waals surface area contributed by atoms with Crippen LogP contribution in [0.5, 0.6) is 0 Å². The lowest BCUT2D eigenvalue weighted by molar-refractivity contribution is 0.0756. The lowest BCUT2D eigenvalue weighted by atomic mass is 10.1. The Morgan fingerprint density at radius 3 is 2.05 bits per heavy atom. The Kier molecular flexibility index (Phi) is 6.20. The molecule has 0 aliphatic carbocycles. The zero-order chi connectivity index (χ0) is 16.2. The highest BCUT2D eigenvalue weighted by molar-refractivity contribution is 7.18. The maximum absolute atomic E-state index is 12.7. The van der Waals surface area contributed by atoms with Gasteiger partial charge in [-0.25, -0.2) is 0 Å². The van der Waals surface area contributed by atoms with Gasteiger partial charge in [0.1, 0.15) is 0 Å². The van der Waals surface area contributed by atoms with E-state index in [1.807, 2.05) is 18.7 Å². The van der Waals surface area contributed by atoms with Crippen LogP contribution in [0.4, 0.5) is 5.00 Å². The van der Waals surface area contributed by atoms with Gasteiger partial charge >= 0.3 is 0 Å². The highest BCUT2D eigenvalue weighted by Crippen LogP contribution is 2.32. The smallest absolute Gasteiger partial charge is 0.263 e. The first kappa shape index (κ1) is 17.5. The van der Waals surface area contributed by atoms with Crippen LogP contribution >= 0.6 is 11.3 Å². The summed E-state index contributed by atoms with van der Waals surface area (Å²) < 4.78 is 0. The van der Waals surface area contributed by atoms with Gasteiger partial charge in [-0.05, 0) is 25.3 Å². The maximum Gasteiger partial charge on any atom is 0.263 e. The monoisotopic (exact) mass is 311 g/mol. The quantitative estimate of drug-likeness (QED) is 0.878. The molecule has 0 spiro atoms. The summed E-state index contributed by atoms with van der Waals surface area (Å²) in [6.45, 7) is 7.30. The average Bonchev–Trinajstić information content (AvgIpc) is 2.72. The van der Waals surface area contributed by atoms with Gasteiger partial charge in [0.2, 0.25) is 0 Å². The molecule has 1 aromatic rings. The maximum atomic E-state index is 12.7. The first-order chi connectivity index (χ1) is 9.84. The molecule has 0 bridgehead atoms. The van der Waals surface area contributed by atoms with Crippen LogP contribution < -0.4 is 5.73 Å². The summed E-state index contributed by atoms with van der Waals surface area (Å²) in [7, 11) is 3.39. The Morgan fingerprint density at radius 1 is 1.10 bits per heavy atom. The third-order valence-corrected chi connectivity index (χ3v) is 4.37. The fourth-order valence-corrected chi connectivity index (χ4v) is 3.31. The molecule has 1 aromatic heterocycles. The summed E-state index contributed by atoms with van der Waals surface area (Å²) in [6, 6.07) is 0. The van der Waals surface area contributed by atoms with E-state index < -0.39 is 0 Å². The predicted molar refractivity (Wildman–Crippen MR) is 88.0 cm³/mol. The summed E-state index contributed by atoms with van der Waals surface area (Å²) >= 11 is 1.20. The van der Waals surface area contributed by atoms with Crippen LogP contribution in [-0.4, -0.2) is 48.8 Å². The molecule has 0 atom stereocenters. The van der Waals surface area contributed by atoms with E-state index in [-0.39, 0.29) is 11.8 Å². The molecule has 0 aliphatic heterocycles. The number of anilines is 1. The second-order valence-corrected chi connectivity index (χ2v) is 6.34. The van der Waals surface area contributed by atoms with Crippen molar-refractivity contribution in [2.45, 2.75) is 33.6 Å². The molecule has 5 nitrogen and oxygen atoms in total. The topological polar surface area (TPSA) is 66.6 Å². The summed E-state index contributed by atoms with van der Waals surface area (Å²) in [5, 5.41) is 0.430. The van der Waals surface area contributed by atoms with Crippen LogP contribution in [0.2, 0.25) is 0 Å². The Labute approximate surface area is 130 Å². The molecule has 0 aromatic carbocycles. The van der Waals surface area contributed by atoms with Crippen molar-refractivity contribution >= 4 is 28.2 Å². The summed E-state index contributed by atoms with van der Waals surface area (Å²) in [6.07, 6.45) is 1.80. The first-order valence-corrected chi connectivity index (χ1v) is 8.06. The second kappa shape index (κ2) is 7.45. The van der Waals surface area contributed by atoms with Crippen LogP contribution in [0.3, 0.4) is 0 Å². The molecule has 0 radical (unpaired) electrons. The van der Waals surface area contributed by atoms with Crippen molar-refractivity contribution < 1.29 is 9.59 Å². The Morgan fingerprint density at radius 2 is 1.62 bits per heavy atom. The average molecular weight is 311 g/mol. The number of nitrogens with zero attached hydrogens (tertiary/aromatic N) is 2. The van der Waals surface area contributed by atoms with Crippen molar-refractivity contribution in [3.63, 3.8) is 0 Å². The molecule has 0 saturated heterocycles. The lowest BCUT2D eigenvalue weighted by Crippen LogP contribution is -2.33. The molecule has 0 unspecified atom stereocenters. The van der Waals surface area contributed by atoms with E-state index in [2.05, 4.69) is 0 Å². The molecule has 118 valence electrons. The molecular weight excluding hydrogens is 286 g/mol. The normalized spacial score (nSPS) is 10.5. The van der Waals surface area contributed by atoms with Crippen molar-refractivity contribution in [2.75, 3.05) is 32.9 Å². The van der Waals surface area contributed by atoms with Crippen LogP contribution in [-0.2, 0) is 0 Å². The first-order valence-electron chi connectivity index (χ1n) is 7.24. The number of thiophene rings is 1. The third kappa shape index (κ3) is 3.75. The van der Waals surface area contributed by atoms with Gasteiger partial charge in [-0.1, -0.05) is 13.8 Å². The number of carbonyl (C=O) groups is 2. The highest BCUT2D eigenvalue weighted by atomic mass is 32.1. The van der Waals surface area contributed by atoms with E-state index in [4.69, 9.17) is 5.73 Å². The fraction of sp³-hybridized carbons (Fsp3) is 0.600. The lowest BCUT2D eigenvalue weighted by Gasteiger charge is -2.21. The van der Waals surface area contributed by atoms with Crippen molar-refractivity contribution in [3.05, 3.63) is 16.0 Å². The van der Waals surface area contributed by atoms with Gasteiger partial charge in [-0.2, -0.15) is 0 Å². The van der Waals surface area contributed by atoms with Crippen LogP contribution in [0.25, 0.3) is 0 Å². The number of nitrogens with two attached hydrogens (primary N) is 1. The molecular formula is C15H25N3O2S. The van der Waals surface area contributed by atoms with Crippen molar-refractivity contribution in [3.8, 4) is 0 Å². The number of carbonyl (C=O) groups excluding carboxylic acids is 2. The van der Waals surface area contributed by atoms with Crippen molar-refractivity contribution in [2.24, 2.45) is 0 Å². The van der Waals surface area contributed by atoms with Gasteiger partial charge in [0, 0.05) is 27.2 Å². The van der Waals surface area contributed by atoms with E-state index in [0.29, 0.717) is 34.1 Å². The van der Waals surface area contributed by atoms with Gasteiger partial charge in [-0.3, -0.25) is 9.59 Å². The molecule has 21 heavy (non-hydrogen) atoms. The van der Waals surface area contributed by atoms with Crippen molar-refractivity contribution in [1.82, 2.24) is 9.80 Å². The standard InChI is InChI=1S/C15H25N3O2S/c1-6-8-18(9-7-2)14(19)11-10(3)12(21-13(11)16)15(20)17(4)5/h6-9,16H2,1-5H3. The molecule has 0 fully saturated rings. The fourth-order valence-electron chi connectivity index (χ4n) is 2.22. The van der Waals surface area contributed by atoms with Crippen LogP contribution in [0, 0.1) is 6.92 Å². The summed E-state index contributed by atoms with van der Waals surface area (Å²) in [5.41, 5.74) is 7.20. The largest absolute Gasteiger partial charge is 0.390 e. The third-order valence-electron chi connectivity index (χ3n) is 3.26. The van der Waals surface area contributed by atoms with E-state index in [1.165, 1.54) is 16.2 Å². The number of hydrogen-bond acceptors (Lipinski definition) is 4. The number of amides is 2. The van der Waals surface area contributed by atoms with Gasteiger partial charge in [0.25, 0.3) is 11.8 Å². The zero-order valence-electron chi connectivity index (χ0n) is 13.5. The molecule has 1 heterocycles. The minimum Gasteiger partial charge on any atom is -0.390 e. The number of hydrogen-bond donors (Lipinski definition) is 1. The molecule has 6 heteroatoms. The van der Waals surface area contributed by atoms with Gasteiger partial charge in [0.05, 0.1) is 15.4 Å². The highest BCUT2D eigenvalue weighted by Gasteiger charge is 2.26. The van der Waals surface area contributed by atoms with E-state index in [0.717, 1.165) is 12.8 Å². The van der Waals surface area contributed by atoms with E-state index in [1.54, 1.807) is 21.0 Å². The molecule has 2 N–H and O–H groups in total. The van der Waals surface area contributed by atoms with Crippen LogP contribution in [0.1, 0.15) is 52.3 Å². The second-order valence-electron chi connectivity index (χ2n) is 5.29. The Hall–Kier alpha value is -1.56. The number of rotatable bonds is 6. The van der Waals surface area contributed by atoms with E-state index >= 15 is 0 Å². The van der Waals surface area contributed by atoms with Crippen molar-refractivity contribution in [1.29, 1.82) is 0 Å². The zero-order valence-corrected chi connectivity index (χ0v) is 14.3. The Balaban J connectivity index is 3.18. The molecule has 1 rings (SSSR count). The predicted octanol–water partition coefficient (Wildman–Crippen LogP) is 2.60. The van der Waals surface area contributed by atoms with Gasteiger partial charge in [0.15, 0.2) is 0 Å². The minimum atomic E-state index is -0.110.